The van der Waals surface area contributed by atoms with Gasteiger partial charge in [-0.3, -0.25) is 9.48 Å². The van der Waals surface area contributed by atoms with Gasteiger partial charge in [-0.15, -0.1) is 0 Å². The Kier molecular flexibility index (Phi) is 4.83. The summed E-state index contributed by atoms with van der Waals surface area (Å²) in [4.78, 5) is 19.2. The molecular weight excluding hydrogens is 326 g/mol. The van der Waals surface area contributed by atoms with E-state index in [2.05, 4.69) is 21.6 Å². The molecule has 6 nitrogen and oxygen atoms in total. The average Bonchev–Trinajstić information content (AvgIpc) is 3.18. The van der Waals surface area contributed by atoms with Crippen LogP contribution in [0, 0.1) is 12.8 Å². The second kappa shape index (κ2) is 7.25. The smallest absolute Gasteiger partial charge is 0.272 e. The van der Waals surface area contributed by atoms with Crippen molar-refractivity contribution in [2.75, 3.05) is 13.1 Å². The van der Waals surface area contributed by atoms with Crippen LogP contribution in [-0.4, -0.2) is 43.2 Å². The fraction of sp³-hybridized carbons (Fsp3) is 0.650. The Balaban J connectivity index is 1.30. The molecule has 0 unspecified atom stereocenters. The second-order valence-corrected chi connectivity index (χ2v) is 7.90. The van der Waals surface area contributed by atoms with Crippen LogP contribution in [0.1, 0.15) is 66.4 Å². The normalized spacial score (nSPS) is 18.9. The van der Waals surface area contributed by atoms with E-state index in [1.807, 2.05) is 18.1 Å². The minimum absolute atomic E-state index is 0.112. The summed E-state index contributed by atoms with van der Waals surface area (Å²) in [5.41, 5.74) is 1.97. The van der Waals surface area contributed by atoms with Crippen LogP contribution in [0.25, 0.3) is 0 Å². The Bertz CT molecular complexity index is 765. The van der Waals surface area contributed by atoms with E-state index in [0.29, 0.717) is 17.5 Å². The minimum atomic E-state index is 0.112. The first kappa shape index (κ1) is 17.3. The largest absolute Gasteiger partial charge is 0.337 e. The summed E-state index contributed by atoms with van der Waals surface area (Å²) in [6.07, 6.45) is 11.0. The predicted molar refractivity (Wildman–Crippen MR) is 100 cm³/mol. The molecule has 2 aliphatic rings. The summed E-state index contributed by atoms with van der Waals surface area (Å²) >= 11 is 0. The SMILES string of the molecule is Cc1cnc(C2CCC2)n1CCC1CCN(C(=O)c2ccnn2C)CC1. The first-order chi connectivity index (χ1) is 12.6. The summed E-state index contributed by atoms with van der Waals surface area (Å²) < 4.78 is 4.11. The zero-order chi connectivity index (χ0) is 18.1. The van der Waals surface area contributed by atoms with Gasteiger partial charge < -0.3 is 9.47 Å². The molecule has 2 aromatic rings. The van der Waals surface area contributed by atoms with Crippen LogP contribution < -0.4 is 0 Å². The molecule has 140 valence electrons. The van der Waals surface area contributed by atoms with Crippen LogP contribution >= 0.6 is 0 Å². The van der Waals surface area contributed by atoms with E-state index < -0.39 is 0 Å². The van der Waals surface area contributed by atoms with Crippen LogP contribution in [0.5, 0.6) is 0 Å². The molecule has 0 N–H and O–H groups in total. The molecule has 4 rings (SSSR count). The molecule has 0 atom stereocenters. The molecular formula is C20H29N5O. The number of nitrogens with zero attached hydrogens (tertiary/aromatic N) is 5. The monoisotopic (exact) mass is 355 g/mol. The van der Waals surface area contributed by atoms with Gasteiger partial charge in [0.25, 0.3) is 5.91 Å². The molecule has 2 fully saturated rings. The molecule has 26 heavy (non-hydrogen) atoms. The average molecular weight is 355 g/mol. The van der Waals surface area contributed by atoms with Crippen LogP contribution in [0.4, 0.5) is 0 Å². The molecule has 1 saturated heterocycles. The van der Waals surface area contributed by atoms with Gasteiger partial charge in [0.05, 0.1) is 0 Å². The Hall–Kier alpha value is -2.11. The van der Waals surface area contributed by atoms with E-state index in [1.54, 1.807) is 16.9 Å². The quantitative estimate of drug-likeness (QED) is 0.828. The Morgan fingerprint density at radius 2 is 2.00 bits per heavy atom. The molecule has 1 aliphatic heterocycles. The van der Waals surface area contributed by atoms with Gasteiger partial charge in [-0.1, -0.05) is 6.42 Å². The number of imidazole rings is 1. The maximum atomic E-state index is 12.6. The molecule has 2 aromatic heterocycles. The maximum absolute atomic E-state index is 12.6. The number of aryl methyl sites for hydroxylation is 2. The lowest BCUT2D eigenvalue weighted by molar-refractivity contribution is 0.0673. The lowest BCUT2D eigenvalue weighted by Crippen LogP contribution is -2.39. The summed E-state index contributed by atoms with van der Waals surface area (Å²) in [6, 6.07) is 1.80. The van der Waals surface area contributed by atoms with Crippen molar-refractivity contribution in [3.8, 4) is 0 Å². The molecule has 1 amide bonds. The van der Waals surface area contributed by atoms with Crippen molar-refractivity contribution in [1.82, 2.24) is 24.2 Å². The van der Waals surface area contributed by atoms with Crippen molar-refractivity contribution < 1.29 is 4.79 Å². The van der Waals surface area contributed by atoms with Crippen LogP contribution in [0.3, 0.4) is 0 Å². The fourth-order valence-corrected chi connectivity index (χ4v) is 4.24. The number of hydrogen-bond acceptors (Lipinski definition) is 3. The summed E-state index contributed by atoms with van der Waals surface area (Å²) in [7, 11) is 1.83. The van der Waals surface area contributed by atoms with E-state index in [9.17, 15) is 4.79 Å². The van der Waals surface area contributed by atoms with Crippen molar-refractivity contribution in [3.05, 3.63) is 35.7 Å². The first-order valence-corrected chi connectivity index (χ1v) is 9.93. The minimum Gasteiger partial charge on any atom is -0.337 e. The number of carbonyl (C=O) groups excluding carboxylic acids is 1. The third kappa shape index (κ3) is 3.29. The van der Waals surface area contributed by atoms with E-state index in [4.69, 9.17) is 0 Å². The zero-order valence-corrected chi connectivity index (χ0v) is 15.9. The highest BCUT2D eigenvalue weighted by molar-refractivity contribution is 5.92. The van der Waals surface area contributed by atoms with Crippen LogP contribution in [0.15, 0.2) is 18.5 Å². The van der Waals surface area contributed by atoms with Gasteiger partial charge in [0, 0.05) is 50.7 Å². The standard InChI is InChI=1S/C20H29N5O/c1-15-14-21-19(17-4-3-5-17)25(15)13-9-16-7-11-24(12-8-16)20(26)18-6-10-22-23(18)2/h6,10,14,16-17H,3-5,7-9,11-13H2,1-2H3. The number of carbonyl (C=O) groups is 1. The van der Waals surface area contributed by atoms with E-state index in [1.165, 1.54) is 37.2 Å². The predicted octanol–water partition coefficient (Wildman–Crippen LogP) is 3.14. The highest BCUT2D eigenvalue weighted by Crippen LogP contribution is 2.36. The van der Waals surface area contributed by atoms with E-state index in [0.717, 1.165) is 32.5 Å². The topological polar surface area (TPSA) is 56.0 Å². The van der Waals surface area contributed by atoms with Gasteiger partial charge in [0.1, 0.15) is 11.5 Å². The van der Waals surface area contributed by atoms with Crippen molar-refractivity contribution >= 4 is 5.91 Å². The van der Waals surface area contributed by atoms with Gasteiger partial charge in [-0.05, 0) is 51.0 Å². The molecule has 0 radical (unpaired) electrons. The lowest BCUT2D eigenvalue weighted by atomic mass is 9.84. The summed E-state index contributed by atoms with van der Waals surface area (Å²) in [5.74, 6) is 2.79. The molecule has 0 aromatic carbocycles. The van der Waals surface area contributed by atoms with Gasteiger partial charge in [-0.25, -0.2) is 4.98 Å². The number of piperidine rings is 1. The molecule has 1 saturated carbocycles. The third-order valence-electron chi connectivity index (χ3n) is 6.26. The zero-order valence-electron chi connectivity index (χ0n) is 15.9. The van der Waals surface area contributed by atoms with Crippen molar-refractivity contribution in [2.24, 2.45) is 13.0 Å². The van der Waals surface area contributed by atoms with Crippen molar-refractivity contribution in [2.45, 2.75) is 57.9 Å². The lowest BCUT2D eigenvalue weighted by Gasteiger charge is -2.32. The van der Waals surface area contributed by atoms with E-state index >= 15 is 0 Å². The molecule has 1 aliphatic carbocycles. The first-order valence-electron chi connectivity index (χ1n) is 9.93. The van der Waals surface area contributed by atoms with Gasteiger partial charge in [-0.2, -0.15) is 5.10 Å². The van der Waals surface area contributed by atoms with Gasteiger partial charge in [0.15, 0.2) is 0 Å². The molecule has 0 bridgehead atoms. The molecule has 6 heteroatoms. The number of aromatic nitrogens is 4. The Labute approximate surface area is 155 Å². The maximum Gasteiger partial charge on any atom is 0.272 e. The van der Waals surface area contributed by atoms with Gasteiger partial charge >= 0.3 is 0 Å². The second-order valence-electron chi connectivity index (χ2n) is 7.90. The van der Waals surface area contributed by atoms with E-state index in [-0.39, 0.29) is 5.91 Å². The third-order valence-corrected chi connectivity index (χ3v) is 6.26. The van der Waals surface area contributed by atoms with Crippen molar-refractivity contribution in [1.29, 1.82) is 0 Å². The Morgan fingerprint density at radius 1 is 1.23 bits per heavy atom. The van der Waals surface area contributed by atoms with Crippen LogP contribution in [0.2, 0.25) is 0 Å². The number of likely N-dealkylation sites (tertiary alicyclic amines) is 1. The highest BCUT2D eigenvalue weighted by atomic mass is 16.2. The summed E-state index contributed by atoms with van der Waals surface area (Å²) in [5, 5.41) is 4.11. The van der Waals surface area contributed by atoms with Crippen LogP contribution in [-0.2, 0) is 13.6 Å². The van der Waals surface area contributed by atoms with Gasteiger partial charge in [0.2, 0.25) is 0 Å². The number of hydrogen-bond donors (Lipinski definition) is 0. The fourth-order valence-electron chi connectivity index (χ4n) is 4.24. The summed E-state index contributed by atoms with van der Waals surface area (Å²) in [6.45, 7) is 4.95. The van der Waals surface area contributed by atoms with Crippen molar-refractivity contribution in [3.63, 3.8) is 0 Å². The molecule has 0 spiro atoms. The Morgan fingerprint density at radius 3 is 2.62 bits per heavy atom. The highest BCUT2D eigenvalue weighted by Gasteiger charge is 2.27. The molecule has 3 heterocycles. The number of amides is 1. The number of rotatable bonds is 5.